The molecule has 94 valence electrons. The van der Waals surface area contributed by atoms with Gasteiger partial charge in [-0.1, -0.05) is 24.3 Å². The van der Waals surface area contributed by atoms with Gasteiger partial charge in [-0.05, 0) is 36.3 Å². The first-order valence-electron chi connectivity index (χ1n) is 6.53. The molecule has 3 heteroatoms. The summed E-state index contributed by atoms with van der Waals surface area (Å²) in [7, 11) is 0. The number of hydrogen-bond acceptors (Lipinski definition) is 3. The van der Waals surface area contributed by atoms with Crippen LogP contribution < -0.4 is 0 Å². The topological polar surface area (TPSA) is 53.2 Å². The smallest absolute Gasteiger partial charge is 0.113 e. The van der Waals surface area contributed by atoms with Crippen molar-refractivity contribution < 1.29 is 9.84 Å². The maximum absolute atomic E-state index is 10.6. The lowest BCUT2D eigenvalue weighted by molar-refractivity contribution is 0.0497. The molecule has 0 amide bonds. The highest BCUT2D eigenvalue weighted by molar-refractivity contribution is 5.37. The highest BCUT2D eigenvalue weighted by atomic mass is 16.5. The van der Waals surface area contributed by atoms with Crippen LogP contribution in [0.5, 0.6) is 0 Å². The Kier molecular flexibility index (Phi) is 2.85. The first-order chi connectivity index (χ1) is 8.77. The van der Waals surface area contributed by atoms with Crippen molar-refractivity contribution in [2.75, 3.05) is 13.2 Å². The lowest BCUT2D eigenvalue weighted by atomic mass is 9.78. The Morgan fingerprint density at radius 1 is 1.39 bits per heavy atom. The molecular weight excluding hydrogens is 226 g/mol. The van der Waals surface area contributed by atoms with Gasteiger partial charge in [0.25, 0.3) is 0 Å². The van der Waals surface area contributed by atoms with Crippen molar-refractivity contribution in [1.29, 1.82) is 5.26 Å². The fourth-order valence-electron chi connectivity index (χ4n) is 2.77. The molecule has 0 aromatic heterocycles. The Morgan fingerprint density at radius 3 is 2.78 bits per heavy atom. The van der Waals surface area contributed by atoms with Crippen LogP contribution in [0, 0.1) is 16.7 Å². The molecule has 1 aromatic rings. The van der Waals surface area contributed by atoms with Crippen LogP contribution in [0.2, 0.25) is 0 Å². The largest absolute Gasteiger partial charge is 0.387 e. The predicted octanol–water partition coefficient (Wildman–Crippen LogP) is 2.53. The third kappa shape index (κ3) is 1.82. The standard InChI is InChI=1S/C15H17NO2/c16-9-15(7-8-18-10-15)14(17)13-4-2-1-3-12(13)11-5-6-11/h1-4,11,14,17H,5-8,10H2. The summed E-state index contributed by atoms with van der Waals surface area (Å²) < 4.78 is 5.33. The van der Waals surface area contributed by atoms with E-state index in [1.165, 1.54) is 18.4 Å². The maximum atomic E-state index is 10.6. The van der Waals surface area contributed by atoms with E-state index in [4.69, 9.17) is 4.74 Å². The van der Waals surface area contributed by atoms with Crippen molar-refractivity contribution in [2.24, 2.45) is 5.41 Å². The number of nitriles is 1. The van der Waals surface area contributed by atoms with Gasteiger partial charge in [0.2, 0.25) is 0 Å². The molecule has 3 rings (SSSR count). The van der Waals surface area contributed by atoms with E-state index in [-0.39, 0.29) is 0 Å². The van der Waals surface area contributed by atoms with E-state index in [2.05, 4.69) is 12.1 Å². The Hall–Kier alpha value is -1.37. The Balaban J connectivity index is 1.96. The van der Waals surface area contributed by atoms with Crippen molar-refractivity contribution >= 4 is 0 Å². The molecule has 2 atom stereocenters. The molecule has 0 bridgehead atoms. The third-order valence-electron chi connectivity index (χ3n) is 4.11. The Bertz CT molecular complexity index is 482. The molecule has 1 aliphatic carbocycles. The number of rotatable bonds is 3. The third-order valence-corrected chi connectivity index (χ3v) is 4.11. The molecule has 1 heterocycles. The lowest BCUT2D eigenvalue weighted by Gasteiger charge is -2.27. The van der Waals surface area contributed by atoms with Crippen molar-refractivity contribution in [1.82, 2.24) is 0 Å². The van der Waals surface area contributed by atoms with Crippen LogP contribution in [0.15, 0.2) is 24.3 Å². The van der Waals surface area contributed by atoms with Crippen LogP contribution in [-0.2, 0) is 4.74 Å². The fourth-order valence-corrected chi connectivity index (χ4v) is 2.77. The van der Waals surface area contributed by atoms with E-state index in [1.54, 1.807) is 0 Å². The van der Waals surface area contributed by atoms with Gasteiger partial charge in [-0.25, -0.2) is 0 Å². The summed E-state index contributed by atoms with van der Waals surface area (Å²) in [6.45, 7) is 0.903. The second kappa shape index (κ2) is 4.38. The van der Waals surface area contributed by atoms with Crippen LogP contribution >= 0.6 is 0 Å². The predicted molar refractivity (Wildman–Crippen MR) is 66.9 cm³/mol. The lowest BCUT2D eigenvalue weighted by Crippen LogP contribution is -2.28. The van der Waals surface area contributed by atoms with Crippen LogP contribution in [0.3, 0.4) is 0 Å². The monoisotopic (exact) mass is 243 g/mol. The van der Waals surface area contributed by atoms with Crippen LogP contribution in [-0.4, -0.2) is 18.3 Å². The van der Waals surface area contributed by atoms with Gasteiger partial charge in [0.05, 0.1) is 12.7 Å². The Morgan fingerprint density at radius 2 is 2.17 bits per heavy atom. The molecule has 3 nitrogen and oxygen atoms in total. The zero-order valence-electron chi connectivity index (χ0n) is 10.3. The van der Waals surface area contributed by atoms with Gasteiger partial charge in [-0.2, -0.15) is 5.26 Å². The van der Waals surface area contributed by atoms with Gasteiger partial charge in [0, 0.05) is 6.61 Å². The summed E-state index contributed by atoms with van der Waals surface area (Å²) in [6, 6.07) is 10.3. The summed E-state index contributed by atoms with van der Waals surface area (Å²) in [4.78, 5) is 0. The molecule has 18 heavy (non-hydrogen) atoms. The second-order valence-corrected chi connectivity index (χ2v) is 5.38. The van der Waals surface area contributed by atoms with E-state index in [9.17, 15) is 10.4 Å². The molecule has 2 fully saturated rings. The number of nitrogens with zero attached hydrogens (tertiary/aromatic N) is 1. The minimum absolute atomic E-state index is 0.337. The summed E-state index contributed by atoms with van der Waals surface area (Å²) in [5.74, 6) is 0.578. The van der Waals surface area contributed by atoms with Gasteiger partial charge in [0.1, 0.15) is 11.5 Å². The van der Waals surface area contributed by atoms with E-state index >= 15 is 0 Å². The number of hydrogen-bond donors (Lipinski definition) is 1. The number of benzene rings is 1. The molecule has 1 aromatic carbocycles. The number of ether oxygens (including phenoxy) is 1. The molecular formula is C15H17NO2. The van der Waals surface area contributed by atoms with E-state index in [1.807, 2.05) is 18.2 Å². The van der Waals surface area contributed by atoms with Crippen LogP contribution in [0.25, 0.3) is 0 Å². The van der Waals surface area contributed by atoms with Gasteiger partial charge >= 0.3 is 0 Å². The van der Waals surface area contributed by atoms with E-state index in [0.717, 1.165) is 5.56 Å². The first-order valence-corrected chi connectivity index (χ1v) is 6.53. The van der Waals surface area contributed by atoms with E-state index < -0.39 is 11.5 Å². The van der Waals surface area contributed by atoms with Crippen LogP contribution in [0.1, 0.15) is 42.4 Å². The zero-order chi connectivity index (χ0) is 12.6. The molecule has 1 aliphatic heterocycles. The highest BCUT2D eigenvalue weighted by Crippen LogP contribution is 2.47. The summed E-state index contributed by atoms with van der Waals surface area (Å²) in [5.41, 5.74) is 1.38. The molecule has 2 unspecified atom stereocenters. The van der Waals surface area contributed by atoms with Crippen molar-refractivity contribution in [3.63, 3.8) is 0 Å². The minimum atomic E-state index is -0.759. The quantitative estimate of drug-likeness (QED) is 0.887. The Labute approximate surface area is 107 Å². The number of aliphatic hydroxyl groups is 1. The van der Waals surface area contributed by atoms with Crippen LogP contribution in [0.4, 0.5) is 0 Å². The first kappa shape index (κ1) is 11.7. The summed E-state index contributed by atoms with van der Waals surface area (Å²) in [6.07, 6.45) is 2.27. The zero-order valence-corrected chi connectivity index (χ0v) is 10.3. The summed E-state index contributed by atoms with van der Waals surface area (Å²) >= 11 is 0. The fraction of sp³-hybridized carbons (Fsp3) is 0.533. The molecule has 2 aliphatic rings. The second-order valence-electron chi connectivity index (χ2n) is 5.38. The summed E-state index contributed by atoms with van der Waals surface area (Å²) in [5, 5.41) is 20.0. The molecule has 1 saturated heterocycles. The highest BCUT2D eigenvalue weighted by Gasteiger charge is 2.44. The van der Waals surface area contributed by atoms with Gasteiger partial charge in [0.15, 0.2) is 0 Å². The SMILES string of the molecule is N#CC1(C(O)c2ccccc2C2CC2)CCOC1. The minimum Gasteiger partial charge on any atom is -0.387 e. The van der Waals surface area contributed by atoms with Crippen molar-refractivity contribution in [2.45, 2.75) is 31.3 Å². The van der Waals surface area contributed by atoms with Gasteiger partial charge in [-0.3, -0.25) is 0 Å². The molecule has 0 spiro atoms. The van der Waals surface area contributed by atoms with E-state index in [0.29, 0.717) is 25.6 Å². The average molecular weight is 243 g/mol. The van der Waals surface area contributed by atoms with Gasteiger partial charge < -0.3 is 9.84 Å². The normalized spacial score (nSPS) is 28.9. The van der Waals surface area contributed by atoms with Crippen molar-refractivity contribution in [3.05, 3.63) is 35.4 Å². The molecule has 1 N–H and O–H groups in total. The number of aliphatic hydroxyl groups excluding tert-OH is 1. The molecule has 0 radical (unpaired) electrons. The van der Waals surface area contributed by atoms with Crippen molar-refractivity contribution in [3.8, 4) is 6.07 Å². The molecule has 1 saturated carbocycles. The maximum Gasteiger partial charge on any atom is 0.113 e. The average Bonchev–Trinajstić information content (AvgIpc) is 3.15. The van der Waals surface area contributed by atoms with Gasteiger partial charge in [-0.15, -0.1) is 0 Å².